The SMILES string of the molecule is COc1cnc(Cl)cc1-c1cc(C)ncc1C(=O)Nc1nnc(C(=O)N(C)[C@H]2CC[C@H](OCC3CC3)CC2)s1. The van der Waals surface area contributed by atoms with Crippen LogP contribution >= 0.6 is 22.9 Å². The Hall–Kier alpha value is -3.15. The summed E-state index contributed by atoms with van der Waals surface area (Å²) >= 11 is 7.18. The van der Waals surface area contributed by atoms with E-state index in [1.165, 1.54) is 32.3 Å². The molecule has 0 unspecified atom stereocenters. The third-order valence-electron chi connectivity index (χ3n) is 7.23. The van der Waals surface area contributed by atoms with E-state index in [-0.39, 0.29) is 33.3 Å². The first-order valence-electron chi connectivity index (χ1n) is 13.0. The van der Waals surface area contributed by atoms with Gasteiger partial charge in [0.15, 0.2) is 0 Å². The number of aromatic nitrogens is 4. The molecule has 10 nitrogen and oxygen atoms in total. The minimum atomic E-state index is -0.444. The number of rotatable bonds is 9. The van der Waals surface area contributed by atoms with E-state index in [0.717, 1.165) is 49.5 Å². The minimum absolute atomic E-state index is 0.128. The molecule has 3 aromatic rings. The molecule has 39 heavy (non-hydrogen) atoms. The Morgan fingerprint density at radius 1 is 1.08 bits per heavy atom. The number of ether oxygens (including phenoxy) is 2. The van der Waals surface area contributed by atoms with Crippen LogP contribution < -0.4 is 10.1 Å². The van der Waals surface area contributed by atoms with Crippen molar-refractivity contribution in [3.05, 3.63) is 45.9 Å². The van der Waals surface area contributed by atoms with Crippen LogP contribution in [0.4, 0.5) is 5.13 Å². The highest BCUT2D eigenvalue weighted by molar-refractivity contribution is 7.17. The van der Waals surface area contributed by atoms with Gasteiger partial charge in [0.2, 0.25) is 10.1 Å². The van der Waals surface area contributed by atoms with Crippen LogP contribution in [0.25, 0.3) is 11.1 Å². The first-order chi connectivity index (χ1) is 18.8. The summed E-state index contributed by atoms with van der Waals surface area (Å²) in [6.07, 6.45) is 9.54. The lowest BCUT2D eigenvalue weighted by molar-refractivity contribution is 0.00590. The second-order valence-corrected chi connectivity index (χ2v) is 11.4. The Labute approximate surface area is 236 Å². The maximum Gasteiger partial charge on any atom is 0.284 e. The number of nitrogens with one attached hydrogen (secondary N) is 1. The van der Waals surface area contributed by atoms with Crippen molar-refractivity contribution in [2.75, 3.05) is 26.1 Å². The molecular weight excluding hydrogens is 540 g/mol. The Bertz CT molecular complexity index is 1360. The van der Waals surface area contributed by atoms with E-state index >= 15 is 0 Å². The number of amides is 2. The molecule has 206 valence electrons. The van der Waals surface area contributed by atoms with Crippen LogP contribution in [0.15, 0.2) is 24.5 Å². The zero-order valence-corrected chi connectivity index (χ0v) is 23.7. The third kappa shape index (κ3) is 6.54. The van der Waals surface area contributed by atoms with Gasteiger partial charge in [-0.2, -0.15) is 0 Å². The van der Waals surface area contributed by atoms with Gasteiger partial charge in [-0.3, -0.25) is 19.9 Å². The molecule has 0 bridgehead atoms. The average molecular weight is 571 g/mol. The van der Waals surface area contributed by atoms with Crippen molar-refractivity contribution in [1.29, 1.82) is 0 Å². The zero-order valence-electron chi connectivity index (χ0n) is 22.1. The zero-order chi connectivity index (χ0) is 27.5. The third-order valence-corrected chi connectivity index (χ3v) is 8.27. The van der Waals surface area contributed by atoms with Gasteiger partial charge in [0.25, 0.3) is 11.8 Å². The maximum atomic E-state index is 13.3. The quantitative estimate of drug-likeness (QED) is 0.356. The van der Waals surface area contributed by atoms with E-state index < -0.39 is 5.91 Å². The highest BCUT2D eigenvalue weighted by Gasteiger charge is 2.30. The number of methoxy groups -OCH3 is 1. The minimum Gasteiger partial charge on any atom is -0.494 e. The lowest BCUT2D eigenvalue weighted by Crippen LogP contribution is -2.40. The van der Waals surface area contributed by atoms with Crippen LogP contribution in [0.2, 0.25) is 5.15 Å². The number of anilines is 1. The predicted octanol–water partition coefficient (Wildman–Crippen LogP) is 5.03. The predicted molar refractivity (Wildman–Crippen MR) is 148 cm³/mol. The molecule has 2 saturated carbocycles. The van der Waals surface area contributed by atoms with E-state index in [4.69, 9.17) is 21.1 Å². The summed E-state index contributed by atoms with van der Waals surface area (Å²) in [5.41, 5.74) is 2.20. The molecule has 0 atom stereocenters. The molecule has 2 aliphatic carbocycles. The molecule has 0 aliphatic heterocycles. The van der Waals surface area contributed by atoms with Gasteiger partial charge < -0.3 is 14.4 Å². The van der Waals surface area contributed by atoms with E-state index in [1.54, 1.807) is 24.1 Å². The van der Waals surface area contributed by atoms with Crippen LogP contribution in [-0.4, -0.2) is 69.8 Å². The van der Waals surface area contributed by atoms with E-state index in [2.05, 4.69) is 25.5 Å². The van der Waals surface area contributed by atoms with Gasteiger partial charge in [-0.15, -0.1) is 10.2 Å². The highest BCUT2D eigenvalue weighted by Crippen LogP contribution is 2.35. The topological polar surface area (TPSA) is 119 Å². The number of hydrogen-bond donors (Lipinski definition) is 1. The fourth-order valence-electron chi connectivity index (χ4n) is 4.75. The monoisotopic (exact) mass is 570 g/mol. The van der Waals surface area contributed by atoms with Crippen molar-refractivity contribution < 1.29 is 19.1 Å². The standard InChI is InChI=1S/C27H31ClN6O4S/c1-15-10-19(20-11-23(28)30-13-22(20)37-3)21(12-29-15)24(35)31-27-33-32-25(39-27)26(36)34(2)17-6-8-18(9-7-17)38-14-16-4-5-16/h10-13,16-18H,4-9,14H2,1-3H3,(H,31,33,35)/t17-,18-. The Kier molecular flexibility index (Phi) is 8.39. The van der Waals surface area contributed by atoms with Crippen LogP contribution in [0.1, 0.15) is 64.4 Å². The molecule has 0 spiro atoms. The maximum absolute atomic E-state index is 13.3. The molecule has 5 rings (SSSR count). The fraction of sp³-hybridized carbons (Fsp3) is 0.481. The molecule has 3 aromatic heterocycles. The lowest BCUT2D eigenvalue weighted by Gasteiger charge is -2.34. The molecule has 2 fully saturated rings. The molecule has 3 heterocycles. The molecule has 2 aliphatic rings. The van der Waals surface area contributed by atoms with Crippen LogP contribution in [0.3, 0.4) is 0 Å². The van der Waals surface area contributed by atoms with Gasteiger partial charge in [-0.25, -0.2) is 4.98 Å². The first kappa shape index (κ1) is 27.4. The molecule has 0 aromatic carbocycles. The van der Waals surface area contributed by atoms with Gasteiger partial charge in [-0.1, -0.05) is 22.9 Å². The second kappa shape index (κ2) is 11.9. The summed E-state index contributed by atoms with van der Waals surface area (Å²) in [5.74, 6) is 0.573. The van der Waals surface area contributed by atoms with Crippen molar-refractivity contribution in [2.45, 2.75) is 57.6 Å². The number of aryl methyl sites for hydroxylation is 1. The second-order valence-electron chi connectivity index (χ2n) is 10.1. The Morgan fingerprint density at radius 3 is 2.56 bits per heavy atom. The van der Waals surface area contributed by atoms with Crippen LogP contribution in [-0.2, 0) is 4.74 Å². The summed E-state index contributed by atoms with van der Waals surface area (Å²) in [4.78, 5) is 36.5. The number of pyridine rings is 2. The van der Waals surface area contributed by atoms with Gasteiger partial charge in [0, 0.05) is 42.7 Å². The molecule has 12 heteroatoms. The van der Waals surface area contributed by atoms with Gasteiger partial charge in [-0.05, 0) is 63.5 Å². The smallest absolute Gasteiger partial charge is 0.284 e. The number of carbonyl (C=O) groups excluding carboxylic acids is 2. The summed E-state index contributed by atoms with van der Waals surface area (Å²) in [6.45, 7) is 2.70. The summed E-state index contributed by atoms with van der Waals surface area (Å²) in [5, 5.41) is 11.6. The van der Waals surface area contributed by atoms with Crippen molar-refractivity contribution >= 4 is 39.9 Å². The van der Waals surface area contributed by atoms with Crippen LogP contribution in [0, 0.1) is 12.8 Å². The normalized spacial score (nSPS) is 19.0. The number of hydrogen-bond acceptors (Lipinski definition) is 9. The summed E-state index contributed by atoms with van der Waals surface area (Å²) in [7, 11) is 3.32. The Morgan fingerprint density at radius 2 is 1.85 bits per heavy atom. The highest BCUT2D eigenvalue weighted by atomic mass is 35.5. The number of halogens is 1. The molecule has 2 amide bonds. The van der Waals surface area contributed by atoms with Crippen molar-refractivity contribution in [3.8, 4) is 16.9 Å². The van der Waals surface area contributed by atoms with Crippen molar-refractivity contribution in [3.63, 3.8) is 0 Å². The van der Waals surface area contributed by atoms with E-state index in [9.17, 15) is 9.59 Å². The van der Waals surface area contributed by atoms with Gasteiger partial charge in [0.1, 0.15) is 10.9 Å². The van der Waals surface area contributed by atoms with Crippen molar-refractivity contribution in [1.82, 2.24) is 25.1 Å². The van der Waals surface area contributed by atoms with Crippen molar-refractivity contribution in [2.24, 2.45) is 5.92 Å². The fourth-order valence-corrected chi connectivity index (χ4v) is 5.63. The first-order valence-corrected chi connectivity index (χ1v) is 14.2. The molecule has 0 radical (unpaired) electrons. The number of nitrogens with zero attached hydrogens (tertiary/aromatic N) is 5. The molecule has 0 saturated heterocycles. The summed E-state index contributed by atoms with van der Waals surface area (Å²) in [6, 6.07) is 3.54. The lowest BCUT2D eigenvalue weighted by atomic mass is 9.92. The largest absolute Gasteiger partial charge is 0.494 e. The molecular formula is C27H31ClN6O4S. The average Bonchev–Trinajstić information content (AvgIpc) is 3.67. The number of carbonyl (C=O) groups is 2. The summed E-state index contributed by atoms with van der Waals surface area (Å²) < 4.78 is 11.5. The van der Waals surface area contributed by atoms with Gasteiger partial charge >= 0.3 is 0 Å². The van der Waals surface area contributed by atoms with Crippen LogP contribution in [0.5, 0.6) is 5.75 Å². The Balaban J connectivity index is 1.25. The molecule has 1 N–H and O–H groups in total. The van der Waals surface area contributed by atoms with E-state index in [1.807, 2.05) is 6.92 Å². The van der Waals surface area contributed by atoms with E-state index in [0.29, 0.717) is 28.1 Å². The van der Waals surface area contributed by atoms with Gasteiger partial charge in [0.05, 0.1) is 25.0 Å².